The lowest BCUT2D eigenvalue weighted by Crippen LogP contribution is -2.53. The van der Waals surface area contributed by atoms with Gasteiger partial charge in [0.25, 0.3) is 0 Å². The van der Waals surface area contributed by atoms with Gasteiger partial charge in [0.1, 0.15) is 24.9 Å². The van der Waals surface area contributed by atoms with E-state index in [1.807, 2.05) is 84.9 Å². The predicted molar refractivity (Wildman–Crippen MR) is 157 cm³/mol. The Morgan fingerprint density at radius 1 is 0.854 bits per heavy atom. The van der Waals surface area contributed by atoms with Gasteiger partial charge in [-0.15, -0.1) is 0 Å². The van der Waals surface area contributed by atoms with Crippen molar-refractivity contribution in [3.05, 3.63) is 131 Å². The highest BCUT2D eigenvalue weighted by Gasteiger charge is 2.35. The zero-order chi connectivity index (χ0) is 28.2. The summed E-state index contributed by atoms with van der Waals surface area (Å²) in [6, 6.07) is 35.2. The molecule has 2 amide bonds. The summed E-state index contributed by atoms with van der Waals surface area (Å²) in [5, 5.41) is 7.57. The van der Waals surface area contributed by atoms with Crippen molar-refractivity contribution < 1.29 is 19.2 Å². The summed E-state index contributed by atoms with van der Waals surface area (Å²) in [5.74, 6) is -0.356. The molecule has 0 unspecified atom stereocenters. The molecule has 7 nitrogen and oxygen atoms in total. The van der Waals surface area contributed by atoms with Crippen LogP contribution in [0.15, 0.2) is 109 Å². The van der Waals surface area contributed by atoms with Crippen molar-refractivity contribution >= 4 is 12.0 Å². The minimum Gasteiger partial charge on any atom is -0.449 e. The molecule has 4 aromatic carbocycles. The number of amides is 2. The lowest BCUT2D eigenvalue weighted by molar-refractivity contribution is -0.154. The van der Waals surface area contributed by atoms with Crippen LogP contribution < -0.4 is 10.6 Å². The van der Waals surface area contributed by atoms with Crippen LogP contribution in [0.4, 0.5) is 4.79 Å². The Bertz CT molecular complexity index is 1470. The van der Waals surface area contributed by atoms with Crippen LogP contribution in [0.5, 0.6) is 0 Å². The van der Waals surface area contributed by atoms with Crippen LogP contribution in [0.3, 0.4) is 0 Å². The Morgan fingerprint density at radius 3 is 2.10 bits per heavy atom. The molecule has 41 heavy (non-hydrogen) atoms. The molecule has 7 heteroatoms. The van der Waals surface area contributed by atoms with E-state index in [1.54, 1.807) is 12.1 Å². The Balaban J connectivity index is 1.13. The third-order valence-electron chi connectivity index (χ3n) is 7.88. The number of alkyl carbamates (subject to hydrolysis) is 1. The molecule has 1 heterocycles. The summed E-state index contributed by atoms with van der Waals surface area (Å²) in [6.45, 7) is 0.178. The number of hydrogen-bond donors (Lipinski definition) is 2. The quantitative estimate of drug-likeness (QED) is 0.301. The number of fused-ring (bicyclic) bond motifs is 3. The van der Waals surface area contributed by atoms with Gasteiger partial charge < -0.3 is 15.4 Å². The summed E-state index contributed by atoms with van der Waals surface area (Å²) in [7, 11) is 1.80. The largest absolute Gasteiger partial charge is 0.449 e. The topological polar surface area (TPSA) is 79.9 Å². The number of hydroxylamine groups is 2. The van der Waals surface area contributed by atoms with Crippen LogP contribution in [0.2, 0.25) is 0 Å². The number of nitrogens with one attached hydrogen (secondary N) is 2. The van der Waals surface area contributed by atoms with Gasteiger partial charge in [-0.05, 0) is 33.4 Å². The average Bonchev–Trinajstić information content (AvgIpc) is 3.54. The maximum Gasteiger partial charge on any atom is 0.407 e. The van der Waals surface area contributed by atoms with Crippen molar-refractivity contribution in [2.75, 3.05) is 13.7 Å². The number of rotatable bonds is 8. The van der Waals surface area contributed by atoms with Gasteiger partial charge in [0.15, 0.2) is 0 Å². The fraction of sp³-hybridized carbons (Fsp3) is 0.235. The number of carbonyl (C=O) groups excluding carboxylic acids is 2. The van der Waals surface area contributed by atoms with E-state index in [-0.39, 0.29) is 30.7 Å². The molecular weight excluding hydrogens is 514 g/mol. The predicted octanol–water partition coefficient (Wildman–Crippen LogP) is 5.59. The number of nitrogens with zero attached hydrogens (tertiary/aromatic N) is 1. The van der Waals surface area contributed by atoms with Crippen molar-refractivity contribution in [1.82, 2.24) is 15.7 Å². The number of hydrogen-bond acceptors (Lipinski definition) is 5. The first-order chi connectivity index (χ1) is 20.1. The summed E-state index contributed by atoms with van der Waals surface area (Å²) in [5.41, 5.74) is 6.58. The summed E-state index contributed by atoms with van der Waals surface area (Å²) in [6.07, 6.45) is -0.198. The summed E-state index contributed by atoms with van der Waals surface area (Å²) < 4.78 is 5.76. The average molecular weight is 548 g/mol. The first-order valence-corrected chi connectivity index (χ1v) is 14.0. The maximum atomic E-state index is 13.6. The normalized spacial score (nSPS) is 18.8. The summed E-state index contributed by atoms with van der Waals surface area (Å²) >= 11 is 0. The second kappa shape index (κ2) is 12.0. The molecule has 1 aliphatic heterocycles. The maximum absolute atomic E-state index is 13.6. The van der Waals surface area contributed by atoms with E-state index in [9.17, 15) is 9.59 Å². The molecule has 3 atom stereocenters. The van der Waals surface area contributed by atoms with Crippen LogP contribution in [0, 0.1) is 0 Å². The van der Waals surface area contributed by atoms with Crippen LogP contribution in [0.25, 0.3) is 11.1 Å². The molecule has 1 aliphatic carbocycles. The molecule has 0 saturated carbocycles. The molecule has 208 valence electrons. The molecule has 6 rings (SSSR count). The van der Waals surface area contributed by atoms with E-state index in [0.717, 1.165) is 33.4 Å². The van der Waals surface area contributed by atoms with E-state index in [0.29, 0.717) is 12.8 Å². The second-order valence-corrected chi connectivity index (χ2v) is 10.5. The van der Waals surface area contributed by atoms with Crippen molar-refractivity contribution in [2.24, 2.45) is 0 Å². The van der Waals surface area contributed by atoms with Crippen LogP contribution >= 0.6 is 0 Å². The highest BCUT2D eigenvalue weighted by atomic mass is 16.7. The van der Waals surface area contributed by atoms with Crippen molar-refractivity contribution in [3.63, 3.8) is 0 Å². The van der Waals surface area contributed by atoms with Crippen LogP contribution in [-0.4, -0.2) is 42.9 Å². The summed E-state index contributed by atoms with van der Waals surface area (Å²) in [4.78, 5) is 32.7. The Labute approximate surface area is 240 Å². The minimum absolute atomic E-state index is 0.0613. The van der Waals surface area contributed by atoms with E-state index >= 15 is 0 Å². The van der Waals surface area contributed by atoms with E-state index in [4.69, 9.17) is 9.57 Å². The molecule has 0 aromatic heterocycles. The fourth-order valence-electron chi connectivity index (χ4n) is 5.79. The molecule has 0 radical (unpaired) electrons. The molecule has 2 N–H and O–H groups in total. The zero-order valence-electron chi connectivity index (χ0n) is 22.9. The minimum atomic E-state index is -0.822. The molecule has 0 spiro atoms. The number of benzene rings is 4. The Kier molecular flexibility index (Phi) is 7.80. The molecule has 1 fully saturated rings. The number of carbonyl (C=O) groups is 2. The van der Waals surface area contributed by atoms with Gasteiger partial charge in [-0.1, -0.05) is 109 Å². The smallest absolute Gasteiger partial charge is 0.407 e. The van der Waals surface area contributed by atoms with Crippen molar-refractivity contribution in [1.29, 1.82) is 0 Å². The fourth-order valence-corrected chi connectivity index (χ4v) is 5.79. The van der Waals surface area contributed by atoms with E-state index in [2.05, 4.69) is 34.9 Å². The van der Waals surface area contributed by atoms with Crippen LogP contribution in [-0.2, 0) is 20.8 Å². The molecular formula is C34H33N3O4. The molecule has 2 aliphatic rings. The van der Waals surface area contributed by atoms with Gasteiger partial charge in [-0.25, -0.2) is 4.79 Å². The van der Waals surface area contributed by atoms with Gasteiger partial charge in [-0.2, -0.15) is 5.06 Å². The second-order valence-electron chi connectivity index (χ2n) is 10.5. The first-order valence-electron chi connectivity index (χ1n) is 14.0. The van der Waals surface area contributed by atoms with Crippen LogP contribution in [0.1, 0.15) is 40.7 Å². The van der Waals surface area contributed by atoms with Gasteiger partial charge in [0, 0.05) is 25.8 Å². The monoisotopic (exact) mass is 547 g/mol. The van der Waals surface area contributed by atoms with Gasteiger partial charge in [0.2, 0.25) is 5.91 Å². The molecule has 1 saturated heterocycles. The highest BCUT2D eigenvalue weighted by molar-refractivity contribution is 5.86. The lowest BCUT2D eigenvalue weighted by atomic mass is 9.98. The Hall–Kier alpha value is -4.46. The van der Waals surface area contributed by atoms with Gasteiger partial charge in [0.05, 0.1) is 0 Å². The van der Waals surface area contributed by atoms with Crippen molar-refractivity contribution in [2.45, 2.75) is 37.1 Å². The van der Waals surface area contributed by atoms with E-state index < -0.39 is 12.1 Å². The van der Waals surface area contributed by atoms with Gasteiger partial charge >= 0.3 is 6.09 Å². The molecule has 4 aromatic rings. The molecule has 0 bridgehead atoms. The number of ether oxygens (including phenoxy) is 1. The first kappa shape index (κ1) is 26.7. The van der Waals surface area contributed by atoms with Gasteiger partial charge in [-0.3, -0.25) is 9.63 Å². The Morgan fingerprint density at radius 2 is 1.44 bits per heavy atom. The third-order valence-corrected chi connectivity index (χ3v) is 7.88. The standard InChI is InChI=1S/C34H33N3O4/c1-37-32(21-31(41-37)24-14-6-3-7-15-24)36-33(38)30(20-23-12-4-2-5-13-23)35-34(39)40-22-29-27-18-10-8-16-25(27)26-17-9-11-19-28(26)29/h2-19,29-32H,20-22H2,1H3,(H,35,39)(H,36,38)/t30-,31+,32-/m0/s1. The highest BCUT2D eigenvalue weighted by Crippen LogP contribution is 2.44. The van der Waals surface area contributed by atoms with Crippen molar-refractivity contribution in [3.8, 4) is 11.1 Å². The van der Waals surface area contributed by atoms with E-state index in [1.165, 1.54) is 0 Å². The SMILES string of the molecule is CN1O[C@@H](c2ccccc2)C[C@H]1NC(=O)[C@H](Cc1ccccc1)NC(=O)OCC1c2ccccc2-c2ccccc21. The zero-order valence-corrected chi connectivity index (χ0v) is 22.9. The lowest BCUT2D eigenvalue weighted by Gasteiger charge is -2.24. The third kappa shape index (κ3) is 5.87.